The molecule has 0 amide bonds. The third-order valence-electron chi connectivity index (χ3n) is 1.99. The van der Waals surface area contributed by atoms with E-state index in [-0.39, 0.29) is 0 Å². The maximum absolute atomic E-state index is 4.44. The van der Waals surface area contributed by atoms with Crippen molar-refractivity contribution < 1.29 is 0 Å². The van der Waals surface area contributed by atoms with E-state index in [1.807, 2.05) is 11.8 Å². The van der Waals surface area contributed by atoms with Gasteiger partial charge in [-0.05, 0) is 12.3 Å². The van der Waals surface area contributed by atoms with Crippen molar-refractivity contribution in [3.63, 3.8) is 0 Å². The van der Waals surface area contributed by atoms with Crippen LogP contribution in [0.5, 0.6) is 0 Å². The minimum absolute atomic E-state index is 0.630. The van der Waals surface area contributed by atoms with Crippen LogP contribution in [0.2, 0.25) is 0 Å². The molecule has 2 nitrogen and oxygen atoms in total. The largest absolute Gasteiger partial charge is 0.361 e. The molecule has 0 unspecified atom stereocenters. The van der Waals surface area contributed by atoms with Gasteiger partial charge in [0, 0.05) is 18.3 Å². The summed E-state index contributed by atoms with van der Waals surface area (Å²) >= 11 is 1.86. The summed E-state index contributed by atoms with van der Waals surface area (Å²) in [5.41, 5.74) is 0. The van der Waals surface area contributed by atoms with Crippen LogP contribution in [-0.4, -0.2) is 23.5 Å². The van der Waals surface area contributed by atoms with E-state index < -0.39 is 0 Å². The zero-order valence-electron chi connectivity index (χ0n) is 8.13. The molecule has 1 atom stereocenters. The minimum Gasteiger partial charge on any atom is -0.361 e. The predicted molar refractivity (Wildman–Crippen MR) is 56.8 cm³/mol. The molecule has 0 spiro atoms. The van der Waals surface area contributed by atoms with E-state index in [4.69, 9.17) is 0 Å². The van der Waals surface area contributed by atoms with Gasteiger partial charge >= 0.3 is 0 Å². The lowest BCUT2D eigenvalue weighted by Crippen LogP contribution is -2.31. The lowest BCUT2D eigenvalue weighted by molar-refractivity contribution is 0.503. The van der Waals surface area contributed by atoms with Gasteiger partial charge in [0.1, 0.15) is 0 Å². The van der Waals surface area contributed by atoms with Crippen LogP contribution in [0.3, 0.4) is 0 Å². The topological polar surface area (TPSA) is 24.4 Å². The van der Waals surface area contributed by atoms with Gasteiger partial charge in [0.05, 0.1) is 0 Å². The van der Waals surface area contributed by atoms with Gasteiger partial charge in [-0.1, -0.05) is 32.5 Å². The van der Waals surface area contributed by atoms with Crippen LogP contribution in [0.4, 0.5) is 0 Å². The fraction of sp³-hybridized carbons (Fsp3) is 0.889. The predicted octanol–water partition coefficient (Wildman–Crippen LogP) is 2.11. The van der Waals surface area contributed by atoms with Gasteiger partial charge in [0.15, 0.2) is 5.17 Å². The molecule has 1 aliphatic rings. The van der Waals surface area contributed by atoms with Crippen LogP contribution in [0.15, 0.2) is 4.99 Å². The molecule has 1 N–H and O–H groups in total. The molecule has 0 aromatic rings. The lowest BCUT2D eigenvalue weighted by atomic mass is 10.1. The molecule has 12 heavy (non-hydrogen) atoms. The first-order chi connectivity index (χ1) is 5.74. The van der Waals surface area contributed by atoms with Gasteiger partial charge < -0.3 is 5.32 Å². The van der Waals surface area contributed by atoms with Crippen molar-refractivity contribution in [1.29, 1.82) is 0 Å². The number of nitrogens with zero attached hydrogens (tertiary/aromatic N) is 1. The SMILES string of the molecule is CCCN=C1N[C@@H](C(C)C)CS1. The number of nitrogens with one attached hydrogen (secondary N) is 1. The summed E-state index contributed by atoms with van der Waals surface area (Å²) in [5, 5.41) is 4.59. The van der Waals surface area contributed by atoms with Crippen molar-refractivity contribution in [1.82, 2.24) is 5.32 Å². The van der Waals surface area contributed by atoms with Gasteiger partial charge in [0.25, 0.3) is 0 Å². The van der Waals surface area contributed by atoms with E-state index in [0.29, 0.717) is 12.0 Å². The Hall–Kier alpha value is -0.180. The normalized spacial score (nSPS) is 26.7. The van der Waals surface area contributed by atoms with E-state index >= 15 is 0 Å². The average Bonchev–Trinajstić information content (AvgIpc) is 2.48. The Labute approximate surface area is 79.2 Å². The third-order valence-corrected chi connectivity index (χ3v) is 3.04. The molecule has 0 saturated carbocycles. The molecule has 1 saturated heterocycles. The van der Waals surface area contributed by atoms with Crippen molar-refractivity contribution in [2.45, 2.75) is 33.2 Å². The first-order valence-corrected chi connectivity index (χ1v) is 5.66. The van der Waals surface area contributed by atoms with Crippen molar-refractivity contribution in [2.75, 3.05) is 12.3 Å². The molecule has 0 bridgehead atoms. The van der Waals surface area contributed by atoms with E-state index in [1.165, 1.54) is 5.75 Å². The van der Waals surface area contributed by atoms with Crippen LogP contribution in [-0.2, 0) is 0 Å². The Kier molecular flexibility index (Phi) is 3.92. The zero-order chi connectivity index (χ0) is 8.97. The van der Waals surface area contributed by atoms with Crippen LogP contribution in [0.25, 0.3) is 0 Å². The average molecular weight is 186 g/mol. The monoisotopic (exact) mass is 186 g/mol. The molecule has 1 rings (SSSR count). The molecular weight excluding hydrogens is 168 g/mol. The first-order valence-electron chi connectivity index (χ1n) is 4.67. The summed E-state index contributed by atoms with van der Waals surface area (Å²) in [6.45, 7) is 7.62. The van der Waals surface area contributed by atoms with Gasteiger partial charge in [0.2, 0.25) is 0 Å². The van der Waals surface area contributed by atoms with Gasteiger partial charge in [-0.25, -0.2) is 0 Å². The van der Waals surface area contributed by atoms with E-state index in [9.17, 15) is 0 Å². The second-order valence-electron chi connectivity index (χ2n) is 3.49. The fourth-order valence-corrected chi connectivity index (χ4v) is 2.30. The Morgan fingerprint density at radius 3 is 2.92 bits per heavy atom. The number of thioether (sulfide) groups is 1. The Morgan fingerprint density at radius 2 is 2.42 bits per heavy atom. The number of rotatable bonds is 3. The molecule has 1 fully saturated rings. The quantitative estimate of drug-likeness (QED) is 0.730. The van der Waals surface area contributed by atoms with Crippen LogP contribution in [0, 0.1) is 5.92 Å². The standard InChI is InChI=1S/C9H18N2S/c1-4-5-10-9-11-8(6-12-9)7(2)3/h7-8H,4-6H2,1-3H3,(H,10,11)/t8-/m1/s1. The molecular formula is C9H18N2S. The van der Waals surface area contributed by atoms with Crippen LogP contribution < -0.4 is 5.32 Å². The maximum Gasteiger partial charge on any atom is 0.156 e. The van der Waals surface area contributed by atoms with Crippen molar-refractivity contribution in [3.05, 3.63) is 0 Å². The van der Waals surface area contributed by atoms with Crippen molar-refractivity contribution >= 4 is 16.9 Å². The number of hydrogen-bond acceptors (Lipinski definition) is 2. The number of aliphatic imine (C=N–C) groups is 1. The summed E-state index contributed by atoms with van der Waals surface area (Å²) < 4.78 is 0. The van der Waals surface area contributed by atoms with Gasteiger partial charge in [-0.15, -0.1) is 0 Å². The maximum atomic E-state index is 4.44. The van der Waals surface area contributed by atoms with E-state index in [1.54, 1.807) is 0 Å². The Morgan fingerprint density at radius 1 is 1.67 bits per heavy atom. The van der Waals surface area contributed by atoms with Crippen molar-refractivity contribution in [2.24, 2.45) is 10.9 Å². The highest BCUT2D eigenvalue weighted by Gasteiger charge is 2.22. The second-order valence-corrected chi connectivity index (χ2v) is 4.50. The van der Waals surface area contributed by atoms with Crippen LogP contribution >= 0.6 is 11.8 Å². The number of amidine groups is 1. The molecule has 0 aromatic heterocycles. The molecule has 1 aliphatic heterocycles. The second kappa shape index (κ2) is 4.75. The minimum atomic E-state index is 0.630. The lowest BCUT2D eigenvalue weighted by Gasteiger charge is -2.12. The molecule has 0 aliphatic carbocycles. The van der Waals surface area contributed by atoms with Crippen LogP contribution in [0.1, 0.15) is 27.2 Å². The number of hydrogen-bond donors (Lipinski definition) is 1. The zero-order valence-corrected chi connectivity index (χ0v) is 8.95. The van der Waals surface area contributed by atoms with Gasteiger partial charge in [-0.3, -0.25) is 4.99 Å². The Balaban J connectivity index is 2.34. The van der Waals surface area contributed by atoms with E-state index in [2.05, 4.69) is 31.1 Å². The highest BCUT2D eigenvalue weighted by molar-refractivity contribution is 8.14. The summed E-state index contributed by atoms with van der Waals surface area (Å²) in [6.07, 6.45) is 1.14. The molecule has 3 heteroatoms. The third kappa shape index (κ3) is 2.70. The molecule has 0 radical (unpaired) electrons. The molecule has 1 heterocycles. The highest BCUT2D eigenvalue weighted by Crippen LogP contribution is 2.18. The fourth-order valence-electron chi connectivity index (χ4n) is 1.07. The molecule has 0 aromatic carbocycles. The summed E-state index contributed by atoms with van der Waals surface area (Å²) in [6, 6.07) is 0.630. The smallest absolute Gasteiger partial charge is 0.156 e. The van der Waals surface area contributed by atoms with Gasteiger partial charge in [-0.2, -0.15) is 0 Å². The summed E-state index contributed by atoms with van der Waals surface area (Å²) in [5.74, 6) is 1.90. The first kappa shape index (κ1) is 9.90. The summed E-state index contributed by atoms with van der Waals surface area (Å²) in [7, 11) is 0. The summed E-state index contributed by atoms with van der Waals surface area (Å²) in [4.78, 5) is 4.44. The van der Waals surface area contributed by atoms with Crippen molar-refractivity contribution in [3.8, 4) is 0 Å². The highest BCUT2D eigenvalue weighted by atomic mass is 32.2. The molecule has 70 valence electrons. The van der Waals surface area contributed by atoms with E-state index in [0.717, 1.165) is 18.1 Å². The Bertz CT molecular complexity index is 166.